The fourth-order valence-corrected chi connectivity index (χ4v) is 7.45. The van der Waals surface area contributed by atoms with Crippen molar-refractivity contribution in [2.75, 3.05) is 13.6 Å². The summed E-state index contributed by atoms with van der Waals surface area (Å²) in [7, 11) is 1.99. The second-order valence-corrected chi connectivity index (χ2v) is 12.0. The third-order valence-electron chi connectivity index (χ3n) is 9.53. The lowest BCUT2D eigenvalue weighted by molar-refractivity contribution is -0.177. The number of likely N-dealkylation sites (tertiary alicyclic amines) is 1. The smallest absolute Gasteiger partial charge is 0.353 e. The van der Waals surface area contributed by atoms with Gasteiger partial charge in [-0.15, -0.1) is 6.58 Å². The summed E-state index contributed by atoms with van der Waals surface area (Å²) in [5, 5.41) is 31.8. The minimum absolute atomic E-state index is 0.0758. The fourth-order valence-electron chi connectivity index (χ4n) is 7.45. The van der Waals surface area contributed by atoms with Gasteiger partial charge in [0.15, 0.2) is 6.10 Å². The van der Waals surface area contributed by atoms with Crippen LogP contribution in [0.2, 0.25) is 0 Å². The highest BCUT2D eigenvalue weighted by Gasteiger charge is 2.72. The van der Waals surface area contributed by atoms with Crippen molar-refractivity contribution < 1.29 is 43.9 Å². The number of carbonyl (C=O) groups excluding carboxylic acids is 2. The highest BCUT2D eigenvalue weighted by Crippen LogP contribution is 2.64. The number of hydrogen-bond acceptors (Lipinski definition) is 9. The number of allylic oxidation sites excluding steroid dienone is 1. The molecule has 1 aromatic rings. The number of nitrogens with zero attached hydrogens (tertiary/aromatic N) is 1. The number of piperidine rings is 1. The molecule has 2 aliphatic carbocycles. The lowest BCUT2D eigenvalue weighted by Gasteiger charge is -2.61. The summed E-state index contributed by atoms with van der Waals surface area (Å²) >= 11 is 0. The molecule has 2 bridgehead atoms. The van der Waals surface area contributed by atoms with Crippen molar-refractivity contribution in [3.63, 3.8) is 0 Å². The van der Waals surface area contributed by atoms with Gasteiger partial charge in [0.1, 0.15) is 11.5 Å². The number of aliphatic carboxylic acids is 1. The topological polar surface area (TPSA) is 143 Å². The Labute approximate surface area is 245 Å². The van der Waals surface area contributed by atoms with E-state index in [4.69, 9.17) is 14.2 Å². The average Bonchev–Trinajstić information content (AvgIpc) is 3.31. The van der Waals surface area contributed by atoms with Gasteiger partial charge < -0.3 is 34.4 Å². The van der Waals surface area contributed by atoms with E-state index in [1.807, 2.05) is 25.3 Å². The molecule has 1 fully saturated rings. The number of esters is 2. The van der Waals surface area contributed by atoms with Gasteiger partial charge in [0.2, 0.25) is 6.10 Å². The molecule has 1 aromatic carbocycles. The first-order valence-electron chi connectivity index (χ1n) is 15.0. The molecule has 5 atom stereocenters. The van der Waals surface area contributed by atoms with Crippen LogP contribution in [0.15, 0.2) is 36.6 Å². The second-order valence-electron chi connectivity index (χ2n) is 12.0. The number of aliphatic hydroxyl groups is 2. The minimum Gasteiger partial charge on any atom is -0.481 e. The zero-order valence-corrected chi connectivity index (χ0v) is 24.2. The first-order valence-corrected chi connectivity index (χ1v) is 15.0. The highest BCUT2D eigenvalue weighted by molar-refractivity contribution is 5.84. The molecule has 10 nitrogen and oxygen atoms in total. The number of ether oxygens (including phenoxy) is 3. The number of aliphatic hydroxyl groups excluding tert-OH is 1. The van der Waals surface area contributed by atoms with Gasteiger partial charge in [0.25, 0.3) is 0 Å². The number of hydrogen-bond donors (Lipinski definition) is 3. The Morgan fingerprint density at radius 3 is 2.71 bits per heavy atom. The van der Waals surface area contributed by atoms with Crippen molar-refractivity contribution in [3.8, 4) is 5.75 Å². The molecular weight excluding hydrogens is 542 g/mol. The van der Waals surface area contributed by atoms with E-state index >= 15 is 0 Å². The SMILES string of the molecule is C=CCCCCCCCC(=O)O[C@@H](CC(=O)O)C(=O)OC1=CC[C@@]2(O)[C@H]3Cc4ccc(CO)c5c4C2(CCN3C)C1O5. The maximum atomic E-state index is 13.3. The van der Waals surface area contributed by atoms with Crippen LogP contribution in [-0.2, 0) is 42.3 Å². The zero-order chi connectivity index (χ0) is 30.1. The third-order valence-corrected chi connectivity index (χ3v) is 9.53. The van der Waals surface area contributed by atoms with E-state index in [9.17, 15) is 29.7 Å². The van der Waals surface area contributed by atoms with Crippen LogP contribution in [0.1, 0.15) is 80.9 Å². The Morgan fingerprint density at radius 2 is 1.98 bits per heavy atom. The van der Waals surface area contributed by atoms with Crippen molar-refractivity contribution in [1.82, 2.24) is 4.90 Å². The normalized spacial score (nSPS) is 27.7. The Bertz CT molecular complexity index is 1270. The summed E-state index contributed by atoms with van der Waals surface area (Å²) in [6, 6.07) is 3.60. The Hall–Kier alpha value is -3.21. The molecule has 2 unspecified atom stereocenters. The van der Waals surface area contributed by atoms with E-state index < -0.39 is 47.6 Å². The molecule has 0 radical (unpaired) electrons. The van der Waals surface area contributed by atoms with Crippen LogP contribution >= 0.6 is 0 Å². The molecule has 42 heavy (non-hydrogen) atoms. The molecule has 0 amide bonds. The molecule has 0 aromatic heterocycles. The summed E-state index contributed by atoms with van der Waals surface area (Å²) in [6.45, 7) is 4.14. The molecule has 0 saturated carbocycles. The van der Waals surface area contributed by atoms with E-state index in [1.54, 1.807) is 6.08 Å². The summed E-state index contributed by atoms with van der Waals surface area (Å²) < 4.78 is 17.5. The second kappa shape index (κ2) is 12.2. The first kappa shape index (κ1) is 30.3. The van der Waals surface area contributed by atoms with Crippen molar-refractivity contribution in [2.24, 2.45) is 0 Å². The molecule has 228 valence electrons. The largest absolute Gasteiger partial charge is 0.481 e. The summed E-state index contributed by atoms with van der Waals surface area (Å²) in [5.74, 6) is -2.28. The van der Waals surface area contributed by atoms with E-state index in [1.165, 1.54) is 0 Å². The van der Waals surface area contributed by atoms with Crippen LogP contribution in [-0.4, -0.2) is 75.6 Å². The lowest BCUT2D eigenvalue weighted by atomic mass is 9.50. The van der Waals surface area contributed by atoms with Crippen LogP contribution in [0.25, 0.3) is 0 Å². The Kier molecular flexibility index (Phi) is 8.78. The number of benzene rings is 1. The molecule has 3 N–H and O–H groups in total. The molecule has 4 aliphatic rings. The van der Waals surface area contributed by atoms with E-state index in [-0.39, 0.29) is 31.2 Å². The molecule has 2 heterocycles. The standard InChI is InChI=1S/C32H41NO9/c1-3-4-5-6-7-8-9-10-26(37)40-23(18-25(35)36)30(38)41-22-13-14-32(39)24-17-20-11-12-21(19-34)28-27(20)31(32,29(22)42-28)15-16-33(24)2/h3,11-13,23-24,29,34,39H,1,4-10,14-19H2,2H3,(H,35,36)/t23-,24+,29?,31?,32+/m0/s1. The monoisotopic (exact) mass is 583 g/mol. The van der Waals surface area contributed by atoms with Gasteiger partial charge >= 0.3 is 17.9 Å². The van der Waals surface area contributed by atoms with Crippen molar-refractivity contribution in [3.05, 3.63) is 53.3 Å². The lowest BCUT2D eigenvalue weighted by Crippen LogP contribution is -2.74. The van der Waals surface area contributed by atoms with Crippen LogP contribution < -0.4 is 4.74 Å². The minimum atomic E-state index is -1.62. The molecule has 5 rings (SSSR count). The maximum Gasteiger partial charge on any atom is 0.353 e. The van der Waals surface area contributed by atoms with Gasteiger partial charge in [0.05, 0.1) is 24.0 Å². The number of carboxylic acids is 1. The summed E-state index contributed by atoms with van der Waals surface area (Å²) in [4.78, 5) is 39.6. The highest BCUT2D eigenvalue weighted by atomic mass is 16.6. The molecule has 1 saturated heterocycles. The molecule has 2 aliphatic heterocycles. The first-order chi connectivity index (χ1) is 20.2. The zero-order valence-electron chi connectivity index (χ0n) is 24.2. The van der Waals surface area contributed by atoms with Gasteiger partial charge in [0, 0.05) is 30.0 Å². The maximum absolute atomic E-state index is 13.3. The number of carboxylic acid groups (broad SMARTS) is 1. The number of unbranched alkanes of at least 4 members (excludes halogenated alkanes) is 5. The molecular formula is C32H41NO9. The van der Waals surface area contributed by atoms with Crippen LogP contribution in [0.4, 0.5) is 0 Å². The summed E-state index contributed by atoms with van der Waals surface area (Å²) in [6.07, 6.45) is 7.13. The number of carbonyl (C=O) groups is 3. The van der Waals surface area contributed by atoms with Crippen LogP contribution in [0, 0.1) is 0 Å². The number of likely N-dealkylation sites (N-methyl/N-ethyl adjacent to an activating group) is 1. The predicted octanol–water partition coefficient (Wildman–Crippen LogP) is 3.30. The van der Waals surface area contributed by atoms with Crippen LogP contribution in [0.5, 0.6) is 5.75 Å². The van der Waals surface area contributed by atoms with Gasteiger partial charge in [-0.3, -0.25) is 9.59 Å². The number of rotatable bonds is 14. The van der Waals surface area contributed by atoms with Crippen molar-refractivity contribution >= 4 is 17.9 Å². The average molecular weight is 584 g/mol. The Balaban J connectivity index is 1.33. The summed E-state index contributed by atoms with van der Waals surface area (Å²) in [5.41, 5.74) is 0.350. The quantitative estimate of drug-likeness (QED) is 0.170. The van der Waals surface area contributed by atoms with Gasteiger partial charge in [-0.05, 0) is 57.3 Å². The predicted molar refractivity (Wildman–Crippen MR) is 152 cm³/mol. The van der Waals surface area contributed by atoms with E-state index in [0.717, 1.165) is 43.2 Å². The van der Waals surface area contributed by atoms with E-state index in [2.05, 4.69) is 11.5 Å². The Morgan fingerprint density at radius 1 is 1.21 bits per heavy atom. The molecule has 10 heteroatoms. The van der Waals surface area contributed by atoms with Gasteiger partial charge in [-0.1, -0.05) is 37.5 Å². The van der Waals surface area contributed by atoms with Crippen molar-refractivity contribution in [1.29, 1.82) is 0 Å². The van der Waals surface area contributed by atoms with Crippen LogP contribution in [0.3, 0.4) is 0 Å². The van der Waals surface area contributed by atoms with Gasteiger partial charge in [-0.25, -0.2) is 4.79 Å². The third kappa shape index (κ3) is 5.14. The van der Waals surface area contributed by atoms with E-state index in [0.29, 0.717) is 37.1 Å². The van der Waals surface area contributed by atoms with Crippen molar-refractivity contribution in [2.45, 2.75) is 107 Å². The van der Waals surface area contributed by atoms with Gasteiger partial charge in [-0.2, -0.15) is 0 Å². The molecule has 1 spiro atoms. The fraction of sp³-hybridized carbons (Fsp3) is 0.594.